The summed E-state index contributed by atoms with van der Waals surface area (Å²) in [6, 6.07) is 16.2. The number of hydrogen-bond acceptors (Lipinski definition) is 3. The highest BCUT2D eigenvalue weighted by molar-refractivity contribution is 7.10. The van der Waals surface area contributed by atoms with Gasteiger partial charge in [-0.3, -0.25) is 9.89 Å². The second-order valence-electron chi connectivity index (χ2n) is 5.86. The van der Waals surface area contributed by atoms with Crippen LogP contribution in [-0.2, 0) is 11.2 Å². The van der Waals surface area contributed by atoms with Crippen LogP contribution in [-0.4, -0.2) is 34.6 Å². The fourth-order valence-corrected chi connectivity index (χ4v) is 3.15. The Balaban J connectivity index is 1.46. The van der Waals surface area contributed by atoms with Gasteiger partial charge < -0.3 is 4.90 Å². The molecule has 1 N–H and O–H groups in total. The quantitative estimate of drug-likeness (QED) is 0.647. The first kappa shape index (κ1) is 17.2. The summed E-state index contributed by atoms with van der Waals surface area (Å²) in [6.07, 6.45) is 5.26. The van der Waals surface area contributed by atoms with E-state index in [0.29, 0.717) is 6.54 Å². The SMILES string of the molecule is CN(CCCc1cc(-c2ccccc2)n[nH]1)C(=O)/C=C/c1cccs1. The Labute approximate surface area is 151 Å². The molecule has 0 aliphatic carbocycles. The minimum absolute atomic E-state index is 0.0305. The number of rotatable bonds is 7. The second kappa shape index (κ2) is 8.44. The third kappa shape index (κ3) is 4.90. The fraction of sp³-hybridized carbons (Fsp3) is 0.200. The van der Waals surface area contributed by atoms with Crippen LogP contribution in [0.4, 0.5) is 0 Å². The van der Waals surface area contributed by atoms with Crippen LogP contribution in [0.15, 0.2) is 60.0 Å². The highest BCUT2D eigenvalue weighted by Crippen LogP contribution is 2.17. The molecule has 0 aliphatic heterocycles. The Morgan fingerprint density at radius 1 is 1.24 bits per heavy atom. The molecule has 3 aromatic rings. The van der Waals surface area contributed by atoms with Crippen molar-refractivity contribution in [1.82, 2.24) is 15.1 Å². The third-order valence-electron chi connectivity index (χ3n) is 3.95. The molecule has 0 saturated carbocycles. The van der Waals surface area contributed by atoms with Crippen molar-refractivity contribution in [2.24, 2.45) is 0 Å². The number of nitrogens with one attached hydrogen (secondary N) is 1. The minimum atomic E-state index is 0.0305. The second-order valence-corrected chi connectivity index (χ2v) is 6.84. The van der Waals surface area contributed by atoms with Gasteiger partial charge in [0.2, 0.25) is 5.91 Å². The van der Waals surface area contributed by atoms with E-state index in [1.54, 1.807) is 22.3 Å². The van der Waals surface area contributed by atoms with E-state index in [2.05, 4.69) is 16.3 Å². The molecular weight excluding hydrogens is 330 g/mol. The Morgan fingerprint density at radius 2 is 2.08 bits per heavy atom. The molecule has 2 aromatic heterocycles. The van der Waals surface area contributed by atoms with E-state index in [4.69, 9.17) is 0 Å². The van der Waals surface area contributed by atoms with E-state index < -0.39 is 0 Å². The summed E-state index contributed by atoms with van der Waals surface area (Å²) in [7, 11) is 1.84. The maximum Gasteiger partial charge on any atom is 0.246 e. The molecule has 1 amide bonds. The Kier molecular flexibility index (Phi) is 5.80. The fourth-order valence-electron chi connectivity index (χ4n) is 2.53. The van der Waals surface area contributed by atoms with Crippen LogP contribution < -0.4 is 0 Å². The topological polar surface area (TPSA) is 49.0 Å². The highest BCUT2D eigenvalue weighted by Gasteiger charge is 2.07. The summed E-state index contributed by atoms with van der Waals surface area (Å²) < 4.78 is 0. The van der Waals surface area contributed by atoms with Gasteiger partial charge in [0, 0.05) is 35.8 Å². The molecule has 0 atom stereocenters. The smallest absolute Gasteiger partial charge is 0.246 e. The summed E-state index contributed by atoms with van der Waals surface area (Å²) in [5.74, 6) is 0.0305. The zero-order valence-electron chi connectivity index (χ0n) is 14.2. The first-order valence-corrected chi connectivity index (χ1v) is 9.17. The van der Waals surface area contributed by atoms with Crippen LogP contribution in [0, 0.1) is 0 Å². The van der Waals surface area contributed by atoms with E-state index in [1.165, 1.54) is 0 Å². The van der Waals surface area contributed by atoms with Crippen molar-refractivity contribution < 1.29 is 4.79 Å². The summed E-state index contributed by atoms with van der Waals surface area (Å²) in [4.78, 5) is 14.9. The number of amides is 1. The summed E-state index contributed by atoms with van der Waals surface area (Å²) in [5.41, 5.74) is 3.16. The number of benzene rings is 1. The van der Waals surface area contributed by atoms with Gasteiger partial charge in [0.25, 0.3) is 0 Å². The van der Waals surface area contributed by atoms with Crippen LogP contribution in [0.2, 0.25) is 0 Å². The van der Waals surface area contributed by atoms with E-state index >= 15 is 0 Å². The Hall–Kier alpha value is -2.66. The largest absolute Gasteiger partial charge is 0.342 e. The predicted octanol–water partition coefficient (Wildman–Crippen LogP) is 4.24. The summed E-state index contributed by atoms with van der Waals surface area (Å²) in [5, 5.41) is 9.45. The van der Waals surface area contributed by atoms with Crippen LogP contribution in [0.3, 0.4) is 0 Å². The third-order valence-corrected chi connectivity index (χ3v) is 4.79. The monoisotopic (exact) mass is 351 g/mol. The van der Waals surface area contributed by atoms with Gasteiger partial charge >= 0.3 is 0 Å². The van der Waals surface area contributed by atoms with Crippen LogP contribution in [0.1, 0.15) is 17.0 Å². The molecule has 0 spiro atoms. The van der Waals surface area contributed by atoms with Gasteiger partial charge in [-0.25, -0.2) is 0 Å². The normalized spacial score (nSPS) is 11.1. The maximum absolute atomic E-state index is 12.1. The standard InChI is InChI=1S/C20H21N3OS/c1-23(20(24)12-11-18-10-6-14-25-18)13-5-9-17-15-19(22-21-17)16-7-3-2-4-8-16/h2-4,6-8,10-12,14-15H,5,9,13H2,1H3,(H,21,22)/b12-11+. The van der Waals surface area contributed by atoms with E-state index in [0.717, 1.165) is 34.7 Å². The number of aromatic nitrogens is 2. The predicted molar refractivity (Wildman–Crippen MR) is 103 cm³/mol. The maximum atomic E-state index is 12.1. The zero-order chi connectivity index (χ0) is 17.5. The number of aryl methyl sites for hydroxylation is 1. The van der Waals surface area contributed by atoms with Crippen molar-refractivity contribution >= 4 is 23.3 Å². The van der Waals surface area contributed by atoms with Gasteiger partial charge in [0.1, 0.15) is 0 Å². The number of aromatic amines is 1. The Morgan fingerprint density at radius 3 is 2.84 bits per heavy atom. The summed E-state index contributed by atoms with van der Waals surface area (Å²) >= 11 is 1.62. The van der Waals surface area contributed by atoms with Crippen molar-refractivity contribution in [3.63, 3.8) is 0 Å². The van der Waals surface area contributed by atoms with Crippen molar-refractivity contribution in [1.29, 1.82) is 0 Å². The molecule has 2 heterocycles. The van der Waals surface area contributed by atoms with E-state index in [1.807, 2.05) is 61.0 Å². The van der Waals surface area contributed by atoms with Gasteiger partial charge in [-0.05, 0) is 36.4 Å². The molecule has 128 valence electrons. The molecule has 0 saturated heterocycles. The molecule has 0 radical (unpaired) electrons. The molecule has 0 bridgehead atoms. The van der Waals surface area contributed by atoms with Crippen molar-refractivity contribution in [2.45, 2.75) is 12.8 Å². The molecule has 0 aliphatic rings. The molecule has 1 aromatic carbocycles. The zero-order valence-corrected chi connectivity index (χ0v) is 15.0. The lowest BCUT2D eigenvalue weighted by molar-refractivity contribution is -0.124. The number of carbonyl (C=O) groups excluding carboxylic acids is 1. The number of hydrogen-bond donors (Lipinski definition) is 1. The molecule has 5 heteroatoms. The Bertz CT molecular complexity index is 822. The average molecular weight is 351 g/mol. The minimum Gasteiger partial charge on any atom is -0.342 e. The number of likely N-dealkylation sites (N-methyl/N-ethyl adjacent to an activating group) is 1. The van der Waals surface area contributed by atoms with Crippen LogP contribution in [0.5, 0.6) is 0 Å². The molecule has 0 unspecified atom stereocenters. The number of nitrogens with zero attached hydrogens (tertiary/aromatic N) is 2. The average Bonchev–Trinajstić information content (AvgIpc) is 3.32. The van der Waals surface area contributed by atoms with Crippen LogP contribution in [0.25, 0.3) is 17.3 Å². The molecule has 4 nitrogen and oxygen atoms in total. The highest BCUT2D eigenvalue weighted by atomic mass is 32.1. The molecular formula is C20H21N3OS. The number of thiophene rings is 1. The van der Waals surface area contributed by atoms with Gasteiger partial charge in [0.15, 0.2) is 0 Å². The number of carbonyl (C=O) groups is 1. The summed E-state index contributed by atoms with van der Waals surface area (Å²) in [6.45, 7) is 0.716. The molecule has 25 heavy (non-hydrogen) atoms. The lowest BCUT2D eigenvalue weighted by atomic mass is 10.1. The van der Waals surface area contributed by atoms with Crippen molar-refractivity contribution in [3.05, 3.63) is 70.6 Å². The van der Waals surface area contributed by atoms with E-state index in [-0.39, 0.29) is 5.91 Å². The lowest BCUT2D eigenvalue weighted by Gasteiger charge is -2.14. The molecule has 0 fully saturated rings. The van der Waals surface area contributed by atoms with Crippen molar-refractivity contribution in [3.8, 4) is 11.3 Å². The van der Waals surface area contributed by atoms with Gasteiger partial charge in [-0.2, -0.15) is 5.10 Å². The van der Waals surface area contributed by atoms with Gasteiger partial charge in [-0.1, -0.05) is 36.4 Å². The van der Waals surface area contributed by atoms with Crippen LogP contribution >= 0.6 is 11.3 Å². The first-order chi connectivity index (χ1) is 12.2. The van der Waals surface area contributed by atoms with E-state index in [9.17, 15) is 4.79 Å². The van der Waals surface area contributed by atoms with Gasteiger partial charge in [-0.15, -0.1) is 11.3 Å². The lowest BCUT2D eigenvalue weighted by Crippen LogP contribution is -2.26. The molecule has 3 rings (SSSR count). The van der Waals surface area contributed by atoms with Crippen molar-refractivity contribution in [2.75, 3.05) is 13.6 Å². The first-order valence-electron chi connectivity index (χ1n) is 8.29. The van der Waals surface area contributed by atoms with Gasteiger partial charge in [0.05, 0.1) is 5.69 Å². The number of H-pyrrole nitrogens is 1.